The largest absolute Gasteiger partial charge is 0.396 e. The Morgan fingerprint density at radius 3 is 1.35 bits per heavy atom. The second kappa shape index (κ2) is 53.3. The molecule has 0 bridgehead atoms. The summed E-state index contributed by atoms with van der Waals surface area (Å²) in [6.45, 7) is 2.03. The minimum atomic E-state index is -1.00. The lowest BCUT2D eigenvalue weighted by Crippen LogP contribution is -2.42. The highest BCUT2D eigenvalue weighted by Gasteiger charge is 2.37. The van der Waals surface area contributed by atoms with E-state index in [1.807, 2.05) is 12.1 Å². The molecule has 11 N–H and O–H groups in total. The second-order valence-electron chi connectivity index (χ2n) is 29.0. The number of nitrogens with zero attached hydrogens (tertiary/aromatic N) is 17. The number of halogens is 14. The van der Waals surface area contributed by atoms with E-state index >= 15 is 0 Å². The van der Waals surface area contributed by atoms with E-state index in [9.17, 15) is 61.9 Å². The number of fused-ring (bicyclic) bond motifs is 6. The number of aliphatic hydroxyl groups excluding tert-OH is 3. The third kappa shape index (κ3) is 28.2. The highest BCUT2D eigenvalue weighted by molar-refractivity contribution is 9.11. The van der Waals surface area contributed by atoms with Crippen molar-refractivity contribution in [3.05, 3.63) is 251 Å². The number of carbonyl (C=O) groups is 6. The van der Waals surface area contributed by atoms with Gasteiger partial charge in [0.2, 0.25) is 29.6 Å². The molecule has 56 heteroatoms. The van der Waals surface area contributed by atoms with Crippen molar-refractivity contribution in [1.82, 2.24) is 101 Å². The molecular weight excluding hydrogens is 2310 g/mol. The van der Waals surface area contributed by atoms with Crippen LogP contribution in [0.15, 0.2) is 120 Å². The van der Waals surface area contributed by atoms with E-state index in [0.717, 1.165) is 26.4 Å². The number of nitrogens with two attached hydrogens (primary N) is 1. The fourth-order valence-electron chi connectivity index (χ4n) is 13.0. The monoisotopic (exact) mass is 2390 g/mol. The summed E-state index contributed by atoms with van der Waals surface area (Å²) in [5, 5.41) is 40.6. The Kier molecular flexibility index (Phi) is 43.2. The van der Waals surface area contributed by atoms with Gasteiger partial charge in [-0.05, 0) is 160 Å². The molecule has 0 saturated carbocycles. The van der Waals surface area contributed by atoms with E-state index in [1.165, 1.54) is 39.9 Å². The average Bonchev–Trinajstić information content (AvgIpc) is 1.59. The normalized spacial score (nSPS) is 12.4. The maximum atomic E-state index is 13.1. The molecule has 0 spiro atoms. The lowest BCUT2D eigenvalue weighted by atomic mass is 10.1. The average molecular weight is 2400 g/mol. The standard InChI is InChI=1S/C18H21Cl2N5O4.C17H18Cl2N4O3.C15H13BrCl2N4O3.C8H9BrN4O3.C7H5BrCl2.C7H6BrN3O2.C6H4BrN3O2.C3H9NO.CH3F/c1-23-14-15(22-17(23)21-6-3-7-26)25(10-29-2)18(28)24(16(14)27)9-11-4-5-12(19)13(20)8-11;1-22-15-13(21-17(22)20-5-2-6-24)8-14(25)23(16(15)26)9-10-3-4-11(18)12(19)7-10;1-20-11-12(19-14(20)16)22(7-25-2)15(24)21(13(11)23)6-8-3-4-9(17)10(18)5-8;1-12-4-5(10-7(12)9)13(3-16-2)8(15)11-6(4)14;8-4-5-1-2-6(9)7(10)3-5;1-11-5-3(9-7(11)8)2-4(12)10-6(5)13;7-6-8-2-1-3(11)9-5(12)4(2)10-6;4-2-1-3-5;1-2/h4-5,8,26H,3,6-7,9-10H2,1-2H3,(H,21,22);3-4,7,24H,2,5-6,8-9H2,1H3,(H,20,21);3-5H,6-7H2,1-2H3;3H2,1-2H3,(H,11,14,15);1-3H,4H2;2H2,1H3,(H,10,12,13);1H2,(H,8,10)(H,9,11,12);5H,1-4H2;1H3/i;;;;;;;;1D. The lowest BCUT2D eigenvalue weighted by Gasteiger charge is -2.25. The van der Waals surface area contributed by atoms with Gasteiger partial charge in [-0.2, -0.15) is 4.98 Å². The van der Waals surface area contributed by atoms with Crippen molar-refractivity contribution in [1.29, 1.82) is 0 Å². The van der Waals surface area contributed by atoms with E-state index in [4.69, 9.17) is 129 Å². The van der Waals surface area contributed by atoms with Crippen LogP contribution in [0.4, 0.5) is 16.3 Å². The lowest BCUT2D eigenvalue weighted by molar-refractivity contribution is -0.129. The zero-order valence-electron chi connectivity index (χ0n) is 75.0. The zero-order chi connectivity index (χ0) is 103. The van der Waals surface area contributed by atoms with Crippen LogP contribution in [0.5, 0.6) is 0 Å². The number of H-pyrrole nitrogens is 2. The molecule has 0 unspecified atom stereocenters. The molecule has 742 valence electrons. The third-order valence-corrected chi connectivity index (χ3v) is 25.7. The number of aromatic amines is 2. The summed E-state index contributed by atoms with van der Waals surface area (Å²) in [5.41, 5.74) is 9.51. The predicted octanol–water partition coefficient (Wildman–Crippen LogP) is 10.1. The number of rotatable bonds is 23. The number of aromatic nitrogens is 18. The number of aryl methyl sites for hydroxylation is 3. The first-order valence-corrected chi connectivity index (χ1v) is 47.4. The summed E-state index contributed by atoms with van der Waals surface area (Å²) in [6, 6.07) is 20.5. The molecule has 6 amide bonds. The van der Waals surface area contributed by atoms with Crippen molar-refractivity contribution in [2.75, 3.05) is 78.6 Å². The van der Waals surface area contributed by atoms with Crippen LogP contribution in [-0.2, 0) is 128 Å². The first-order chi connectivity index (χ1) is 66.0. The number of methoxy groups -OCH3 is 3. The molecule has 12 heterocycles. The Morgan fingerprint density at radius 2 is 0.884 bits per heavy atom. The molecule has 138 heavy (non-hydrogen) atoms. The summed E-state index contributed by atoms with van der Waals surface area (Å²) in [5.74, 6) is -1.22. The number of hydrogen-bond donors (Lipinski definition) is 10. The number of aliphatic hydroxyl groups is 3. The van der Waals surface area contributed by atoms with E-state index in [2.05, 4.69) is 141 Å². The van der Waals surface area contributed by atoms with Crippen molar-refractivity contribution in [3.8, 4) is 0 Å². The van der Waals surface area contributed by atoms with Crippen LogP contribution in [-0.4, -0.2) is 209 Å². The maximum absolute atomic E-state index is 13.1. The smallest absolute Gasteiger partial charge is 0.334 e. The Bertz CT molecular complexity index is 7080. The number of amides is 6. The first-order valence-electron chi connectivity index (χ1n) is 40.8. The molecule has 13 aromatic rings. The van der Waals surface area contributed by atoms with Gasteiger partial charge in [-0.3, -0.25) is 90.9 Å². The van der Waals surface area contributed by atoms with Crippen LogP contribution < -0.4 is 60.7 Å². The molecular formula is C82H88Br5Cl8FN24O18. The summed E-state index contributed by atoms with van der Waals surface area (Å²) in [4.78, 5) is 176. The van der Waals surface area contributed by atoms with Gasteiger partial charge < -0.3 is 73.7 Å². The SMILES string of the molecule is COCn1c(=O)[nH]c(=O)c2c1nc(Br)n2C.COCn1c(=O)n(Cc2ccc(Cl)c(Cl)c2)c(=O)c2c1nc(Br)n2C.COCn1c(=O)n(Cc2ccc(Cl)c(Cl)c2)c(=O)c2c1nc(NCCCO)n2C.Clc1ccc(CBr)cc1Cl.Cn1c(Br)nc2c1C(=O)NC(=O)C2.Cn1c(NCCCO)nc2c1C(=O)N(Cc1ccc(Cl)c(Cl)c1)C(=O)C2.NCCCO.O=C1Cc2[nH]c(Br)nc2C(=O)N1.[2H]CF. The molecule has 9 aromatic heterocycles. The molecule has 3 aliphatic rings. The summed E-state index contributed by atoms with van der Waals surface area (Å²) < 4.78 is 46.6. The minimum Gasteiger partial charge on any atom is -0.396 e. The highest BCUT2D eigenvalue weighted by atomic mass is 79.9. The number of nitrogens with one attached hydrogen (secondary N) is 6. The van der Waals surface area contributed by atoms with Crippen molar-refractivity contribution < 1.29 is 64.1 Å². The number of anilines is 2. The Balaban J connectivity index is 0.000000201. The van der Waals surface area contributed by atoms with Crippen LogP contribution in [0.25, 0.3) is 33.5 Å². The Labute approximate surface area is 865 Å². The highest BCUT2D eigenvalue weighted by Crippen LogP contribution is 2.31. The van der Waals surface area contributed by atoms with Gasteiger partial charge in [-0.25, -0.2) is 39.3 Å². The van der Waals surface area contributed by atoms with Gasteiger partial charge in [0, 0.05) is 94.8 Å². The van der Waals surface area contributed by atoms with Crippen LogP contribution in [0, 0.1) is 0 Å². The topological polar surface area (TPSA) is 529 Å². The van der Waals surface area contributed by atoms with Crippen LogP contribution in [0.3, 0.4) is 0 Å². The van der Waals surface area contributed by atoms with Gasteiger partial charge >= 0.3 is 17.1 Å². The Morgan fingerprint density at radius 1 is 0.471 bits per heavy atom. The number of ether oxygens (including phenoxy) is 3. The Hall–Kier alpha value is -9.65. The molecule has 4 aromatic carbocycles. The van der Waals surface area contributed by atoms with Gasteiger partial charge in [0.15, 0.2) is 58.1 Å². The molecule has 42 nitrogen and oxygen atoms in total. The van der Waals surface area contributed by atoms with Crippen LogP contribution in [0.1, 0.15) is 91.4 Å². The van der Waals surface area contributed by atoms with Gasteiger partial charge in [-0.1, -0.05) is 133 Å². The van der Waals surface area contributed by atoms with Crippen molar-refractivity contribution in [2.45, 2.75) is 83.7 Å². The van der Waals surface area contributed by atoms with E-state index in [0.29, 0.717) is 171 Å². The number of alkyl halides is 2. The number of hydrogen-bond acceptors (Lipinski definition) is 27. The summed E-state index contributed by atoms with van der Waals surface area (Å²) in [6.07, 6.45) is 2.21. The van der Waals surface area contributed by atoms with Gasteiger partial charge in [0.25, 0.3) is 34.4 Å². The molecule has 0 saturated heterocycles. The summed E-state index contributed by atoms with van der Waals surface area (Å²) >= 11 is 63.4. The van der Waals surface area contributed by atoms with Crippen molar-refractivity contribution in [3.63, 3.8) is 0 Å². The molecule has 16 rings (SSSR count). The number of carbonyl (C=O) groups excluding carboxylic acids is 6. The fraction of sp³-hybridized carbons (Fsp3) is 0.341. The first kappa shape index (κ1) is 112. The van der Waals surface area contributed by atoms with Gasteiger partial charge in [-0.15, -0.1) is 0 Å². The molecule has 3 aliphatic heterocycles. The second-order valence-corrected chi connectivity index (χ2v) is 35.7. The van der Waals surface area contributed by atoms with E-state index < -0.39 is 52.7 Å². The quantitative estimate of drug-likeness (QED) is 0.0123. The summed E-state index contributed by atoms with van der Waals surface area (Å²) in [7, 11) is 11.9. The number of imide groups is 3. The zero-order valence-corrected chi connectivity index (χ0v) is 88.0. The van der Waals surface area contributed by atoms with Crippen LogP contribution in [0.2, 0.25) is 40.2 Å². The van der Waals surface area contributed by atoms with E-state index in [-0.39, 0.29) is 119 Å². The van der Waals surface area contributed by atoms with Crippen molar-refractivity contribution >= 4 is 253 Å². The third-order valence-electron chi connectivity index (χ3n) is 19.6. The maximum Gasteiger partial charge on any atom is 0.334 e. The van der Waals surface area contributed by atoms with E-state index in [1.54, 1.807) is 119 Å². The van der Waals surface area contributed by atoms with Gasteiger partial charge in [0.1, 0.15) is 31.6 Å². The number of benzene rings is 4. The fourth-order valence-corrected chi connectivity index (χ4v) is 16.1. The molecule has 0 atom stereocenters. The molecule has 0 aliphatic carbocycles. The minimum absolute atomic E-state index is 0.0205. The van der Waals surface area contributed by atoms with Crippen LogP contribution >= 0.6 is 172 Å². The molecule has 0 radical (unpaired) electrons. The predicted molar refractivity (Wildman–Crippen MR) is 537 cm³/mol. The van der Waals surface area contributed by atoms with Crippen molar-refractivity contribution in [2.24, 2.45) is 41.0 Å². The molecule has 0 fully saturated rings. The van der Waals surface area contributed by atoms with Gasteiger partial charge in [0.05, 0.1) is 105 Å². The number of imidazole rings is 6.